The van der Waals surface area contributed by atoms with Crippen LogP contribution in [0.3, 0.4) is 0 Å². The van der Waals surface area contributed by atoms with Crippen LogP contribution in [0.1, 0.15) is 27.2 Å². The van der Waals surface area contributed by atoms with Gasteiger partial charge in [-0.25, -0.2) is 4.39 Å². The quantitative estimate of drug-likeness (QED) is 0.550. The molecule has 1 aliphatic rings. The topological polar surface area (TPSA) is 9.23 Å². The Hall–Kier alpha value is -0.110. The van der Waals surface area contributed by atoms with Crippen LogP contribution in [-0.4, -0.2) is 18.4 Å². The molecule has 4 atom stereocenters. The van der Waals surface area contributed by atoms with Crippen LogP contribution in [0.2, 0.25) is 0 Å². The SMILES string of the molecule is CCC1OC(C)C(C)C1F. The maximum absolute atomic E-state index is 13.1. The second-order valence-corrected chi connectivity index (χ2v) is 3.09. The summed E-state index contributed by atoms with van der Waals surface area (Å²) in [4.78, 5) is 0. The maximum atomic E-state index is 13.1. The van der Waals surface area contributed by atoms with Crippen molar-refractivity contribution in [1.29, 1.82) is 0 Å². The maximum Gasteiger partial charge on any atom is 0.131 e. The number of hydrogen-bond acceptors (Lipinski definition) is 1. The summed E-state index contributed by atoms with van der Waals surface area (Å²) in [5.41, 5.74) is 0. The third kappa shape index (κ3) is 1.17. The van der Waals surface area contributed by atoms with E-state index in [1.54, 1.807) is 0 Å². The molecule has 1 nitrogen and oxygen atoms in total. The highest BCUT2D eigenvalue weighted by Crippen LogP contribution is 2.30. The fraction of sp³-hybridized carbons (Fsp3) is 1.00. The molecule has 4 unspecified atom stereocenters. The first kappa shape index (κ1) is 7.99. The Balaban J connectivity index is 2.53. The van der Waals surface area contributed by atoms with E-state index in [2.05, 4.69) is 0 Å². The average molecular weight is 146 g/mol. The molecule has 0 bridgehead atoms. The summed E-state index contributed by atoms with van der Waals surface area (Å²) in [7, 11) is 0. The van der Waals surface area contributed by atoms with Crippen LogP contribution in [0.5, 0.6) is 0 Å². The molecule has 1 aliphatic heterocycles. The van der Waals surface area contributed by atoms with Gasteiger partial charge in [0.2, 0.25) is 0 Å². The Morgan fingerprint density at radius 3 is 2.20 bits per heavy atom. The number of hydrogen-bond donors (Lipinski definition) is 0. The third-order valence-corrected chi connectivity index (χ3v) is 2.39. The van der Waals surface area contributed by atoms with E-state index in [-0.39, 0.29) is 18.1 Å². The van der Waals surface area contributed by atoms with Crippen LogP contribution in [0.25, 0.3) is 0 Å². The van der Waals surface area contributed by atoms with Gasteiger partial charge in [0.05, 0.1) is 12.2 Å². The Labute approximate surface area is 61.6 Å². The van der Waals surface area contributed by atoms with Crippen molar-refractivity contribution in [2.45, 2.75) is 45.6 Å². The van der Waals surface area contributed by atoms with Crippen molar-refractivity contribution in [1.82, 2.24) is 0 Å². The van der Waals surface area contributed by atoms with Gasteiger partial charge in [-0.05, 0) is 13.3 Å². The first-order chi connectivity index (χ1) is 4.66. The van der Waals surface area contributed by atoms with E-state index in [9.17, 15) is 4.39 Å². The van der Waals surface area contributed by atoms with Crippen molar-refractivity contribution >= 4 is 0 Å². The molecule has 1 fully saturated rings. The fourth-order valence-electron chi connectivity index (χ4n) is 1.39. The van der Waals surface area contributed by atoms with E-state index < -0.39 is 6.17 Å². The number of halogens is 1. The number of alkyl halides is 1. The van der Waals surface area contributed by atoms with Crippen molar-refractivity contribution < 1.29 is 9.13 Å². The minimum absolute atomic E-state index is 0.0740. The second-order valence-electron chi connectivity index (χ2n) is 3.09. The van der Waals surface area contributed by atoms with Crippen LogP contribution in [0, 0.1) is 5.92 Å². The van der Waals surface area contributed by atoms with Gasteiger partial charge in [0.15, 0.2) is 0 Å². The average Bonchev–Trinajstić information content (AvgIpc) is 2.17. The van der Waals surface area contributed by atoms with E-state index in [4.69, 9.17) is 4.74 Å². The molecule has 60 valence electrons. The summed E-state index contributed by atoms with van der Waals surface area (Å²) < 4.78 is 18.5. The van der Waals surface area contributed by atoms with Gasteiger partial charge in [0.1, 0.15) is 6.17 Å². The Kier molecular flexibility index (Phi) is 2.29. The molecule has 1 rings (SSSR count). The van der Waals surface area contributed by atoms with Crippen LogP contribution < -0.4 is 0 Å². The van der Waals surface area contributed by atoms with Gasteiger partial charge in [-0.1, -0.05) is 13.8 Å². The molecule has 0 N–H and O–H groups in total. The summed E-state index contributed by atoms with van der Waals surface area (Å²) in [5.74, 6) is 0.0740. The predicted molar refractivity (Wildman–Crippen MR) is 38.7 cm³/mol. The molecule has 0 radical (unpaired) electrons. The first-order valence-corrected chi connectivity index (χ1v) is 3.96. The second kappa shape index (κ2) is 2.87. The number of ether oxygens (including phenoxy) is 1. The molecule has 0 amide bonds. The number of rotatable bonds is 1. The molecule has 0 aromatic heterocycles. The van der Waals surface area contributed by atoms with Gasteiger partial charge < -0.3 is 4.74 Å². The highest BCUT2D eigenvalue weighted by atomic mass is 19.1. The van der Waals surface area contributed by atoms with Gasteiger partial charge >= 0.3 is 0 Å². The molecule has 10 heavy (non-hydrogen) atoms. The van der Waals surface area contributed by atoms with Gasteiger partial charge in [0, 0.05) is 5.92 Å². The van der Waals surface area contributed by atoms with Crippen molar-refractivity contribution in [2.24, 2.45) is 5.92 Å². The summed E-state index contributed by atoms with van der Waals surface area (Å²) in [5, 5.41) is 0. The van der Waals surface area contributed by atoms with Crippen molar-refractivity contribution in [3.05, 3.63) is 0 Å². The van der Waals surface area contributed by atoms with E-state index in [1.165, 1.54) is 0 Å². The van der Waals surface area contributed by atoms with Crippen LogP contribution >= 0.6 is 0 Å². The van der Waals surface area contributed by atoms with E-state index >= 15 is 0 Å². The van der Waals surface area contributed by atoms with Gasteiger partial charge in [-0.3, -0.25) is 0 Å². The molecule has 0 aromatic rings. The van der Waals surface area contributed by atoms with E-state index in [0.717, 1.165) is 6.42 Å². The van der Waals surface area contributed by atoms with E-state index in [0.29, 0.717) is 0 Å². The van der Waals surface area contributed by atoms with Crippen LogP contribution in [0.15, 0.2) is 0 Å². The lowest BCUT2D eigenvalue weighted by atomic mass is 10.00. The molecule has 1 saturated heterocycles. The van der Waals surface area contributed by atoms with Gasteiger partial charge in [-0.15, -0.1) is 0 Å². The van der Waals surface area contributed by atoms with Crippen LogP contribution in [0.4, 0.5) is 4.39 Å². The molecule has 2 heteroatoms. The van der Waals surface area contributed by atoms with E-state index in [1.807, 2.05) is 20.8 Å². The lowest BCUT2D eigenvalue weighted by molar-refractivity contribution is 0.0329. The Morgan fingerprint density at radius 1 is 1.40 bits per heavy atom. The lowest BCUT2D eigenvalue weighted by Gasteiger charge is -2.08. The largest absolute Gasteiger partial charge is 0.372 e. The molecule has 0 saturated carbocycles. The zero-order valence-electron chi connectivity index (χ0n) is 6.80. The van der Waals surface area contributed by atoms with Gasteiger partial charge in [-0.2, -0.15) is 0 Å². The Morgan fingerprint density at radius 2 is 2.00 bits per heavy atom. The molecule has 0 aromatic carbocycles. The van der Waals surface area contributed by atoms with Crippen LogP contribution in [-0.2, 0) is 4.74 Å². The zero-order valence-corrected chi connectivity index (χ0v) is 6.80. The van der Waals surface area contributed by atoms with Crippen molar-refractivity contribution in [2.75, 3.05) is 0 Å². The monoisotopic (exact) mass is 146 g/mol. The predicted octanol–water partition coefficient (Wildman–Crippen LogP) is 2.16. The Bertz CT molecular complexity index is 116. The normalized spacial score (nSPS) is 48.0. The summed E-state index contributed by atoms with van der Waals surface area (Å²) in [6.07, 6.45) is -0.0134. The van der Waals surface area contributed by atoms with Crippen molar-refractivity contribution in [3.63, 3.8) is 0 Å². The highest BCUT2D eigenvalue weighted by molar-refractivity contribution is 4.85. The molecular formula is C8H15FO. The third-order valence-electron chi connectivity index (χ3n) is 2.39. The minimum Gasteiger partial charge on any atom is -0.372 e. The summed E-state index contributed by atoms with van der Waals surface area (Å²) in [6, 6.07) is 0. The standard InChI is InChI=1S/C8H15FO/c1-4-7-8(9)5(2)6(3)10-7/h5-8H,4H2,1-3H3. The lowest BCUT2D eigenvalue weighted by Crippen LogP contribution is -2.19. The fourth-order valence-corrected chi connectivity index (χ4v) is 1.39. The molecule has 1 heterocycles. The molecular weight excluding hydrogens is 131 g/mol. The molecule has 0 spiro atoms. The smallest absolute Gasteiger partial charge is 0.131 e. The first-order valence-electron chi connectivity index (χ1n) is 3.96. The highest BCUT2D eigenvalue weighted by Gasteiger charge is 2.38. The van der Waals surface area contributed by atoms with Gasteiger partial charge in [0.25, 0.3) is 0 Å². The molecule has 0 aliphatic carbocycles. The summed E-state index contributed by atoms with van der Waals surface area (Å²) in [6.45, 7) is 5.81. The zero-order chi connectivity index (χ0) is 7.72. The van der Waals surface area contributed by atoms with Crippen molar-refractivity contribution in [3.8, 4) is 0 Å². The minimum atomic E-state index is -0.750. The summed E-state index contributed by atoms with van der Waals surface area (Å²) >= 11 is 0.